The van der Waals surface area contributed by atoms with E-state index < -0.39 is 0 Å². The number of nitrogens with one attached hydrogen (secondary N) is 2. The van der Waals surface area contributed by atoms with Gasteiger partial charge in [-0.05, 0) is 42.8 Å². The predicted octanol–water partition coefficient (Wildman–Crippen LogP) is 3.59. The number of aryl methyl sites for hydroxylation is 1. The number of thiophene rings is 1. The van der Waals surface area contributed by atoms with Gasteiger partial charge >= 0.3 is 12.1 Å². The van der Waals surface area contributed by atoms with E-state index in [-0.39, 0.29) is 12.1 Å². The molecule has 2 aromatic rings. The minimum atomic E-state index is -0.337. The molecule has 0 spiro atoms. The number of ether oxygens (including phenoxy) is 1. The SMILES string of the molecule is CCc1ccc(CNC(=O)Nc2ccc(N3CCOC3=O)cc2)s1. The van der Waals surface area contributed by atoms with Gasteiger partial charge in [0.1, 0.15) is 6.61 Å². The van der Waals surface area contributed by atoms with Crippen molar-refractivity contribution in [2.75, 3.05) is 23.4 Å². The maximum Gasteiger partial charge on any atom is 0.414 e. The zero-order chi connectivity index (χ0) is 16.9. The van der Waals surface area contributed by atoms with E-state index in [2.05, 4.69) is 23.6 Å². The molecule has 2 N–H and O–H groups in total. The van der Waals surface area contributed by atoms with Crippen LogP contribution < -0.4 is 15.5 Å². The molecule has 1 fully saturated rings. The van der Waals surface area contributed by atoms with Crippen LogP contribution in [0.15, 0.2) is 36.4 Å². The van der Waals surface area contributed by atoms with Crippen LogP contribution in [0.4, 0.5) is 21.0 Å². The van der Waals surface area contributed by atoms with Gasteiger partial charge in [-0.1, -0.05) is 6.92 Å². The lowest BCUT2D eigenvalue weighted by molar-refractivity contribution is 0.181. The van der Waals surface area contributed by atoms with E-state index in [1.807, 2.05) is 6.07 Å². The molecule has 6 nitrogen and oxygen atoms in total. The Morgan fingerprint density at radius 1 is 1.21 bits per heavy atom. The average molecular weight is 345 g/mol. The van der Waals surface area contributed by atoms with Gasteiger partial charge in [-0.15, -0.1) is 11.3 Å². The first-order chi connectivity index (χ1) is 11.7. The molecule has 0 bridgehead atoms. The summed E-state index contributed by atoms with van der Waals surface area (Å²) in [5, 5.41) is 5.62. The summed E-state index contributed by atoms with van der Waals surface area (Å²) in [5.74, 6) is 0. The molecule has 126 valence electrons. The molecule has 0 radical (unpaired) electrons. The lowest BCUT2D eigenvalue weighted by atomic mass is 10.2. The van der Waals surface area contributed by atoms with Gasteiger partial charge in [0.25, 0.3) is 0 Å². The third-order valence-electron chi connectivity index (χ3n) is 3.69. The molecule has 1 aromatic heterocycles. The minimum absolute atomic E-state index is 0.255. The quantitative estimate of drug-likeness (QED) is 0.870. The Bertz CT molecular complexity index is 727. The summed E-state index contributed by atoms with van der Waals surface area (Å²) in [6.07, 6.45) is 0.671. The topological polar surface area (TPSA) is 70.7 Å². The highest BCUT2D eigenvalue weighted by molar-refractivity contribution is 7.11. The van der Waals surface area contributed by atoms with Crippen LogP contribution in [0, 0.1) is 0 Å². The number of amides is 3. The first-order valence-electron chi connectivity index (χ1n) is 7.82. The third kappa shape index (κ3) is 3.86. The third-order valence-corrected chi connectivity index (χ3v) is 4.92. The van der Waals surface area contributed by atoms with Crippen molar-refractivity contribution in [3.8, 4) is 0 Å². The van der Waals surface area contributed by atoms with Crippen molar-refractivity contribution in [3.63, 3.8) is 0 Å². The van der Waals surface area contributed by atoms with E-state index >= 15 is 0 Å². The van der Waals surface area contributed by atoms with Crippen molar-refractivity contribution in [2.45, 2.75) is 19.9 Å². The number of benzene rings is 1. The van der Waals surface area contributed by atoms with E-state index in [9.17, 15) is 9.59 Å². The normalized spacial score (nSPS) is 13.7. The number of nitrogens with zero attached hydrogens (tertiary/aromatic N) is 1. The standard InChI is InChI=1S/C17H19N3O3S/c1-2-14-7-8-15(24-14)11-18-16(21)19-12-3-5-13(6-4-12)20-9-10-23-17(20)22/h3-8H,2,9-11H2,1H3,(H2,18,19,21). The zero-order valence-electron chi connectivity index (χ0n) is 13.4. The highest BCUT2D eigenvalue weighted by Crippen LogP contribution is 2.21. The highest BCUT2D eigenvalue weighted by atomic mass is 32.1. The van der Waals surface area contributed by atoms with E-state index in [0.717, 1.165) is 17.0 Å². The van der Waals surface area contributed by atoms with E-state index in [4.69, 9.17) is 4.74 Å². The molecular formula is C17H19N3O3S. The maximum atomic E-state index is 12.0. The molecule has 0 atom stereocenters. The van der Waals surface area contributed by atoms with Gasteiger partial charge in [-0.25, -0.2) is 9.59 Å². The second-order valence-electron chi connectivity index (χ2n) is 5.34. The van der Waals surface area contributed by atoms with Crippen LogP contribution in [0.25, 0.3) is 0 Å². The van der Waals surface area contributed by atoms with Gasteiger partial charge in [-0.2, -0.15) is 0 Å². The summed E-state index contributed by atoms with van der Waals surface area (Å²) >= 11 is 1.71. The van der Waals surface area contributed by atoms with Gasteiger partial charge in [0.15, 0.2) is 0 Å². The Morgan fingerprint density at radius 2 is 1.96 bits per heavy atom. The fraction of sp³-hybridized carbons (Fsp3) is 0.294. The van der Waals surface area contributed by atoms with E-state index in [1.165, 1.54) is 4.88 Å². The van der Waals surface area contributed by atoms with Crippen molar-refractivity contribution >= 4 is 34.8 Å². The van der Waals surface area contributed by atoms with Gasteiger partial charge < -0.3 is 15.4 Å². The van der Waals surface area contributed by atoms with Crippen molar-refractivity contribution in [2.24, 2.45) is 0 Å². The Kier molecular flexibility index (Phi) is 5.00. The van der Waals surface area contributed by atoms with Crippen molar-refractivity contribution in [1.29, 1.82) is 0 Å². The molecule has 3 amide bonds. The molecule has 0 saturated carbocycles. The van der Waals surface area contributed by atoms with Crippen LogP contribution >= 0.6 is 11.3 Å². The number of urea groups is 1. The molecule has 1 aliphatic heterocycles. The molecule has 2 heterocycles. The lowest BCUT2D eigenvalue weighted by Crippen LogP contribution is -2.28. The summed E-state index contributed by atoms with van der Waals surface area (Å²) in [4.78, 5) is 27.5. The average Bonchev–Trinajstić information content (AvgIpc) is 3.22. The number of carbonyl (C=O) groups is 2. The molecule has 1 aliphatic rings. The fourth-order valence-corrected chi connectivity index (χ4v) is 3.30. The maximum absolute atomic E-state index is 12.0. The van der Waals surface area contributed by atoms with E-state index in [1.54, 1.807) is 40.5 Å². The lowest BCUT2D eigenvalue weighted by Gasteiger charge is -2.13. The number of carbonyl (C=O) groups excluding carboxylic acids is 2. The summed E-state index contributed by atoms with van der Waals surface area (Å²) < 4.78 is 4.91. The second kappa shape index (κ2) is 7.35. The molecule has 0 unspecified atom stereocenters. The molecule has 7 heteroatoms. The largest absolute Gasteiger partial charge is 0.447 e. The molecule has 3 rings (SSSR count). The van der Waals surface area contributed by atoms with Crippen molar-refractivity contribution in [1.82, 2.24) is 5.32 Å². The first kappa shape index (κ1) is 16.3. The molecule has 1 saturated heterocycles. The Balaban J connectivity index is 1.51. The second-order valence-corrected chi connectivity index (χ2v) is 6.60. The number of anilines is 2. The first-order valence-corrected chi connectivity index (χ1v) is 8.64. The summed E-state index contributed by atoms with van der Waals surface area (Å²) in [5.41, 5.74) is 1.43. The molecule has 24 heavy (non-hydrogen) atoms. The number of rotatable bonds is 5. The smallest absolute Gasteiger partial charge is 0.414 e. The monoisotopic (exact) mass is 345 g/mol. The van der Waals surface area contributed by atoms with Crippen molar-refractivity contribution in [3.05, 3.63) is 46.2 Å². The summed E-state index contributed by atoms with van der Waals surface area (Å²) in [6.45, 7) is 3.58. The molecular weight excluding hydrogens is 326 g/mol. The van der Waals surface area contributed by atoms with Gasteiger partial charge in [0.05, 0.1) is 13.1 Å². The highest BCUT2D eigenvalue weighted by Gasteiger charge is 2.23. The van der Waals surface area contributed by atoms with Crippen LogP contribution in [0.5, 0.6) is 0 Å². The molecule has 0 aliphatic carbocycles. The number of hydrogen-bond acceptors (Lipinski definition) is 4. The Hall–Kier alpha value is -2.54. The van der Waals surface area contributed by atoms with Gasteiger partial charge in [0, 0.05) is 21.1 Å². The van der Waals surface area contributed by atoms with Crippen LogP contribution in [-0.2, 0) is 17.7 Å². The number of hydrogen-bond donors (Lipinski definition) is 2. The van der Waals surface area contributed by atoms with Gasteiger partial charge in [-0.3, -0.25) is 4.90 Å². The Labute approximate surface area is 144 Å². The summed E-state index contributed by atoms with van der Waals surface area (Å²) in [6, 6.07) is 11.0. The van der Waals surface area contributed by atoms with Crippen LogP contribution in [0.1, 0.15) is 16.7 Å². The zero-order valence-corrected chi connectivity index (χ0v) is 14.2. The van der Waals surface area contributed by atoms with Crippen LogP contribution in [0.2, 0.25) is 0 Å². The van der Waals surface area contributed by atoms with Crippen LogP contribution in [-0.4, -0.2) is 25.3 Å². The molecule has 1 aromatic carbocycles. The number of cyclic esters (lactones) is 1. The van der Waals surface area contributed by atoms with Crippen LogP contribution in [0.3, 0.4) is 0 Å². The van der Waals surface area contributed by atoms with Gasteiger partial charge in [0.2, 0.25) is 0 Å². The fourth-order valence-electron chi connectivity index (χ4n) is 2.40. The Morgan fingerprint density at radius 3 is 2.58 bits per heavy atom. The van der Waals surface area contributed by atoms with E-state index in [0.29, 0.717) is 25.4 Å². The summed E-state index contributed by atoms with van der Waals surface area (Å²) in [7, 11) is 0. The van der Waals surface area contributed by atoms with Crippen molar-refractivity contribution < 1.29 is 14.3 Å². The predicted molar refractivity (Wildman–Crippen MR) is 94.7 cm³/mol. The minimum Gasteiger partial charge on any atom is -0.447 e.